The minimum absolute atomic E-state index is 0.650. The highest BCUT2D eigenvalue weighted by atomic mass is 79.9. The van der Waals surface area contributed by atoms with Gasteiger partial charge in [-0.3, -0.25) is 0 Å². The van der Waals surface area contributed by atoms with Crippen molar-refractivity contribution < 1.29 is 0 Å². The number of nitrogen functional groups attached to an aromatic ring is 1. The van der Waals surface area contributed by atoms with E-state index >= 15 is 0 Å². The average Bonchev–Trinajstić information content (AvgIpc) is 2.48. The molecule has 0 radical (unpaired) electrons. The second kappa shape index (κ2) is 3.42. The van der Waals surface area contributed by atoms with Crippen LogP contribution in [0, 0.1) is 6.92 Å². The lowest BCUT2D eigenvalue weighted by Crippen LogP contribution is -1.98. The maximum Gasteiger partial charge on any atom is 0.153 e. The number of hydrogen-bond donors (Lipinski definition) is 1. The highest BCUT2D eigenvalue weighted by Crippen LogP contribution is 2.16. The number of aryl methyl sites for hydroxylation is 1. The van der Waals surface area contributed by atoms with E-state index < -0.39 is 0 Å². The quantitative estimate of drug-likeness (QED) is 0.844. The van der Waals surface area contributed by atoms with Crippen LogP contribution in [0.25, 0.3) is 5.82 Å². The Balaban J connectivity index is 2.44. The highest BCUT2D eigenvalue weighted by molar-refractivity contribution is 9.10. The number of aromatic nitrogens is 3. The van der Waals surface area contributed by atoms with Gasteiger partial charge in [-0.25, -0.2) is 9.67 Å². The summed E-state index contributed by atoms with van der Waals surface area (Å²) in [5.41, 5.74) is 7.12. The summed E-state index contributed by atoms with van der Waals surface area (Å²) in [6.07, 6.45) is 3.48. The molecule has 2 N–H and O–H groups in total. The number of anilines is 1. The number of halogens is 1. The van der Waals surface area contributed by atoms with Crippen molar-refractivity contribution in [3.8, 4) is 5.82 Å². The molecule has 0 spiro atoms. The van der Waals surface area contributed by atoms with Crippen LogP contribution in [0.2, 0.25) is 0 Å². The molecule has 5 heteroatoms. The summed E-state index contributed by atoms with van der Waals surface area (Å²) >= 11 is 3.39. The predicted octanol–water partition coefficient (Wildman–Crippen LogP) is 1.92. The monoisotopic (exact) mass is 252 g/mol. The molecule has 72 valence electrons. The maximum absolute atomic E-state index is 5.54. The zero-order chi connectivity index (χ0) is 10.1. The molecule has 14 heavy (non-hydrogen) atoms. The molecule has 0 fully saturated rings. The van der Waals surface area contributed by atoms with Crippen molar-refractivity contribution in [2.45, 2.75) is 6.92 Å². The highest BCUT2D eigenvalue weighted by Gasteiger charge is 2.03. The first-order chi connectivity index (χ1) is 6.66. The molecule has 4 nitrogen and oxygen atoms in total. The molecule has 0 aromatic carbocycles. The van der Waals surface area contributed by atoms with Gasteiger partial charge in [-0.15, -0.1) is 0 Å². The average molecular weight is 253 g/mol. The van der Waals surface area contributed by atoms with Crippen molar-refractivity contribution in [3.05, 3.63) is 34.7 Å². The van der Waals surface area contributed by atoms with E-state index in [1.807, 2.05) is 19.2 Å². The van der Waals surface area contributed by atoms with Crippen LogP contribution in [0.1, 0.15) is 5.69 Å². The fraction of sp³-hybridized carbons (Fsp3) is 0.111. The molecule has 0 atom stereocenters. The minimum Gasteiger partial charge on any atom is -0.397 e. The number of pyridine rings is 1. The van der Waals surface area contributed by atoms with Crippen LogP contribution in [0.15, 0.2) is 29.0 Å². The topological polar surface area (TPSA) is 56.7 Å². The number of rotatable bonds is 1. The lowest BCUT2D eigenvalue weighted by molar-refractivity contribution is 0.833. The molecule has 0 amide bonds. The van der Waals surface area contributed by atoms with Gasteiger partial charge in [-0.2, -0.15) is 5.10 Å². The van der Waals surface area contributed by atoms with Crippen LogP contribution < -0.4 is 5.73 Å². The Kier molecular flexibility index (Phi) is 2.25. The van der Waals surface area contributed by atoms with E-state index in [2.05, 4.69) is 26.0 Å². The van der Waals surface area contributed by atoms with E-state index in [4.69, 9.17) is 5.73 Å². The Labute approximate surface area is 89.9 Å². The summed E-state index contributed by atoms with van der Waals surface area (Å²) < 4.78 is 2.68. The summed E-state index contributed by atoms with van der Waals surface area (Å²) in [4.78, 5) is 4.16. The SMILES string of the molecule is Cc1nn(-c2ccc(N)cn2)cc1Br. The van der Waals surface area contributed by atoms with Crippen LogP contribution in [0.5, 0.6) is 0 Å². The van der Waals surface area contributed by atoms with Gasteiger partial charge in [0.05, 0.1) is 22.1 Å². The minimum atomic E-state index is 0.650. The first kappa shape index (κ1) is 9.21. The Bertz CT molecular complexity index is 427. The second-order valence-electron chi connectivity index (χ2n) is 2.96. The standard InChI is InChI=1S/C9H9BrN4/c1-6-8(10)5-14(13-6)9-3-2-7(11)4-12-9/h2-5H,11H2,1H3. The lowest BCUT2D eigenvalue weighted by Gasteiger charge is -1.99. The zero-order valence-electron chi connectivity index (χ0n) is 7.61. The first-order valence-corrected chi connectivity index (χ1v) is 4.90. The van der Waals surface area contributed by atoms with Crippen molar-refractivity contribution in [2.75, 3.05) is 5.73 Å². The molecular weight excluding hydrogens is 244 g/mol. The number of hydrogen-bond acceptors (Lipinski definition) is 3. The van der Waals surface area contributed by atoms with Gasteiger partial charge < -0.3 is 5.73 Å². The smallest absolute Gasteiger partial charge is 0.153 e. The molecule has 0 bridgehead atoms. The molecule has 0 aliphatic carbocycles. The largest absolute Gasteiger partial charge is 0.397 e. The third-order valence-electron chi connectivity index (χ3n) is 1.84. The molecule has 2 rings (SSSR count). The van der Waals surface area contributed by atoms with Crippen LogP contribution in [0.3, 0.4) is 0 Å². The summed E-state index contributed by atoms with van der Waals surface area (Å²) in [5, 5.41) is 4.28. The van der Waals surface area contributed by atoms with E-state index in [0.29, 0.717) is 5.69 Å². The van der Waals surface area contributed by atoms with Gasteiger partial charge in [0.2, 0.25) is 0 Å². The normalized spacial score (nSPS) is 10.4. The van der Waals surface area contributed by atoms with E-state index in [1.54, 1.807) is 16.9 Å². The molecule has 0 saturated carbocycles. The number of nitrogens with zero attached hydrogens (tertiary/aromatic N) is 3. The first-order valence-electron chi connectivity index (χ1n) is 4.10. The van der Waals surface area contributed by atoms with E-state index in [-0.39, 0.29) is 0 Å². The lowest BCUT2D eigenvalue weighted by atomic mass is 10.4. The van der Waals surface area contributed by atoms with Gasteiger partial charge in [-0.05, 0) is 35.0 Å². The Morgan fingerprint density at radius 2 is 2.21 bits per heavy atom. The van der Waals surface area contributed by atoms with E-state index in [0.717, 1.165) is 16.0 Å². The molecule has 2 aromatic heterocycles. The zero-order valence-corrected chi connectivity index (χ0v) is 9.19. The van der Waals surface area contributed by atoms with Crippen molar-refractivity contribution in [2.24, 2.45) is 0 Å². The Morgan fingerprint density at radius 3 is 2.71 bits per heavy atom. The molecular formula is C9H9BrN4. The Hall–Kier alpha value is -1.36. The fourth-order valence-corrected chi connectivity index (χ4v) is 1.36. The van der Waals surface area contributed by atoms with Crippen molar-refractivity contribution in [3.63, 3.8) is 0 Å². The van der Waals surface area contributed by atoms with Crippen LogP contribution in [0.4, 0.5) is 5.69 Å². The number of nitrogens with two attached hydrogens (primary N) is 1. The van der Waals surface area contributed by atoms with Crippen LogP contribution in [-0.4, -0.2) is 14.8 Å². The van der Waals surface area contributed by atoms with Gasteiger partial charge in [0.25, 0.3) is 0 Å². The predicted molar refractivity (Wildman–Crippen MR) is 58.2 cm³/mol. The van der Waals surface area contributed by atoms with Crippen molar-refractivity contribution >= 4 is 21.6 Å². The molecule has 2 aromatic rings. The van der Waals surface area contributed by atoms with Gasteiger partial charge in [0.1, 0.15) is 0 Å². The summed E-state index contributed by atoms with van der Waals surface area (Å²) in [6.45, 7) is 1.93. The Morgan fingerprint density at radius 1 is 1.43 bits per heavy atom. The van der Waals surface area contributed by atoms with Crippen LogP contribution >= 0.6 is 15.9 Å². The van der Waals surface area contributed by atoms with E-state index in [1.165, 1.54) is 0 Å². The van der Waals surface area contributed by atoms with Crippen molar-refractivity contribution in [1.29, 1.82) is 0 Å². The molecule has 0 aliphatic heterocycles. The molecule has 2 heterocycles. The maximum atomic E-state index is 5.54. The summed E-state index contributed by atoms with van der Waals surface area (Å²) in [5.74, 6) is 0.757. The third kappa shape index (κ3) is 1.63. The third-order valence-corrected chi connectivity index (χ3v) is 2.62. The van der Waals surface area contributed by atoms with Gasteiger partial charge >= 0.3 is 0 Å². The summed E-state index contributed by atoms with van der Waals surface area (Å²) in [7, 11) is 0. The second-order valence-corrected chi connectivity index (χ2v) is 3.81. The van der Waals surface area contributed by atoms with Crippen molar-refractivity contribution in [1.82, 2.24) is 14.8 Å². The molecule has 0 unspecified atom stereocenters. The van der Waals surface area contributed by atoms with E-state index in [9.17, 15) is 0 Å². The van der Waals surface area contributed by atoms with Crippen LogP contribution in [-0.2, 0) is 0 Å². The van der Waals surface area contributed by atoms with Gasteiger partial charge in [-0.1, -0.05) is 0 Å². The van der Waals surface area contributed by atoms with Gasteiger partial charge in [0, 0.05) is 6.20 Å². The van der Waals surface area contributed by atoms with Gasteiger partial charge in [0.15, 0.2) is 5.82 Å². The summed E-state index contributed by atoms with van der Waals surface area (Å²) in [6, 6.07) is 3.63. The molecule has 0 saturated heterocycles. The molecule has 0 aliphatic rings. The fourth-order valence-electron chi connectivity index (χ4n) is 1.09.